The lowest BCUT2D eigenvalue weighted by Crippen LogP contribution is -2.52. The molecule has 0 radical (unpaired) electrons. The molecule has 0 aliphatic rings. The highest BCUT2D eigenvalue weighted by Gasteiger charge is 2.27. The molecule has 0 saturated carbocycles. The highest BCUT2D eigenvalue weighted by molar-refractivity contribution is 7.85. The van der Waals surface area contributed by atoms with Crippen LogP contribution in [0.25, 0.3) is 0 Å². The molecule has 20 heavy (non-hydrogen) atoms. The molecule has 0 bridgehead atoms. The van der Waals surface area contributed by atoms with Gasteiger partial charge in [0.25, 0.3) is 0 Å². The SMILES string of the molecule is C=CC(=O)OC[N+](CCC)(CCC)CCCS(=O)(=O)[O-]. The van der Waals surface area contributed by atoms with E-state index >= 15 is 0 Å². The van der Waals surface area contributed by atoms with Crippen LogP contribution in [0.5, 0.6) is 0 Å². The van der Waals surface area contributed by atoms with Gasteiger partial charge in [-0.2, -0.15) is 0 Å². The summed E-state index contributed by atoms with van der Waals surface area (Å²) < 4.78 is 37.7. The summed E-state index contributed by atoms with van der Waals surface area (Å²) in [5.74, 6) is -0.869. The predicted molar refractivity (Wildman–Crippen MR) is 75.8 cm³/mol. The Balaban J connectivity index is 4.72. The standard InChI is InChI=1S/C13H25NO5S/c1-4-8-14(9-5-2,12-19-13(15)6-3)10-7-11-20(16,17)18/h6H,3-5,7-12H2,1-2H3. The van der Waals surface area contributed by atoms with Crippen molar-refractivity contribution < 1.29 is 27.0 Å². The molecule has 118 valence electrons. The molecule has 0 aromatic heterocycles. The number of nitrogens with zero attached hydrogens (tertiary/aromatic N) is 1. The van der Waals surface area contributed by atoms with Crippen molar-refractivity contribution >= 4 is 16.1 Å². The lowest BCUT2D eigenvalue weighted by molar-refractivity contribution is -0.943. The normalized spacial score (nSPS) is 12.2. The summed E-state index contributed by atoms with van der Waals surface area (Å²) in [7, 11) is -4.20. The average Bonchev–Trinajstić information content (AvgIpc) is 2.35. The van der Waals surface area contributed by atoms with Crippen LogP contribution in [0.3, 0.4) is 0 Å². The third kappa shape index (κ3) is 8.29. The Hall–Kier alpha value is -0.920. The van der Waals surface area contributed by atoms with Crippen molar-refractivity contribution in [3.05, 3.63) is 12.7 Å². The molecule has 0 amide bonds. The molecule has 0 N–H and O–H groups in total. The van der Waals surface area contributed by atoms with Gasteiger partial charge in [-0.1, -0.05) is 20.4 Å². The number of esters is 1. The van der Waals surface area contributed by atoms with Crippen LogP contribution in [0.2, 0.25) is 0 Å². The predicted octanol–water partition coefficient (Wildman–Crippen LogP) is 1.25. The van der Waals surface area contributed by atoms with Crippen LogP contribution in [0.1, 0.15) is 33.1 Å². The van der Waals surface area contributed by atoms with Gasteiger partial charge in [0, 0.05) is 18.2 Å². The van der Waals surface area contributed by atoms with Gasteiger partial charge in [-0.3, -0.25) is 4.48 Å². The summed E-state index contributed by atoms with van der Waals surface area (Å²) >= 11 is 0. The van der Waals surface area contributed by atoms with Gasteiger partial charge in [0.15, 0.2) is 0 Å². The molecule has 0 aliphatic heterocycles. The van der Waals surface area contributed by atoms with Crippen molar-refractivity contribution in [3.8, 4) is 0 Å². The number of quaternary nitrogens is 1. The van der Waals surface area contributed by atoms with Gasteiger partial charge in [-0.15, -0.1) is 0 Å². The molecule has 0 aliphatic carbocycles. The Bertz CT molecular complexity index is 399. The Kier molecular flexibility index (Phi) is 8.68. The van der Waals surface area contributed by atoms with E-state index in [0.717, 1.165) is 32.0 Å². The number of hydrogen-bond acceptors (Lipinski definition) is 5. The minimum absolute atomic E-state index is 0.186. The maximum atomic E-state index is 11.2. The molecular formula is C13H25NO5S. The highest BCUT2D eigenvalue weighted by Crippen LogP contribution is 2.13. The van der Waals surface area contributed by atoms with E-state index in [2.05, 4.69) is 6.58 Å². The van der Waals surface area contributed by atoms with E-state index in [4.69, 9.17) is 4.74 Å². The van der Waals surface area contributed by atoms with Crippen LogP contribution in [0.15, 0.2) is 12.7 Å². The fourth-order valence-electron chi connectivity index (χ4n) is 2.31. The maximum absolute atomic E-state index is 11.2. The van der Waals surface area contributed by atoms with Crippen molar-refractivity contribution in [2.45, 2.75) is 33.1 Å². The zero-order valence-corrected chi connectivity index (χ0v) is 13.2. The van der Waals surface area contributed by atoms with Crippen molar-refractivity contribution in [3.63, 3.8) is 0 Å². The minimum atomic E-state index is -4.20. The number of hydrogen-bond donors (Lipinski definition) is 0. The van der Waals surface area contributed by atoms with Crippen LogP contribution < -0.4 is 0 Å². The zero-order valence-electron chi connectivity index (χ0n) is 12.3. The number of carbonyl (C=O) groups excluding carboxylic acids is 1. The number of carbonyl (C=O) groups is 1. The van der Waals surface area contributed by atoms with Gasteiger partial charge in [0.05, 0.1) is 29.8 Å². The highest BCUT2D eigenvalue weighted by atomic mass is 32.2. The van der Waals surface area contributed by atoms with Gasteiger partial charge in [0.2, 0.25) is 6.73 Å². The third-order valence-electron chi connectivity index (χ3n) is 3.07. The zero-order chi connectivity index (χ0) is 15.6. The van der Waals surface area contributed by atoms with E-state index in [1.165, 1.54) is 0 Å². The first-order valence-electron chi connectivity index (χ1n) is 6.86. The van der Waals surface area contributed by atoms with Crippen molar-refractivity contribution in [1.82, 2.24) is 0 Å². The summed E-state index contributed by atoms with van der Waals surface area (Å²) in [5, 5.41) is 0. The second-order valence-corrected chi connectivity index (χ2v) is 6.45. The number of ether oxygens (including phenoxy) is 1. The van der Waals surface area contributed by atoms with E-state index in [9.17, 15) is 17.8 Å². The van der Waals surface area contributed by atoms with Crippen LogP contribution in [-0.2, 0) is 19.6 Å². The first kappa shape index (κ1) is 19.1. The van der Waals surface area contributed by atoms with Crippen LogP contribution >= 0.6 is 0 Å². The van der Waals surface area contributed by atoms with E-state index < -0.39 is 16.1 Å². The van der Waals surface area contributed by atoms with Crippen LogP contribution in [0, 0.1) is 0 Å². The Labute approximate surface area is 121 Å². The van der Waals surface area contributed by atoms with Crippen LogP contribution in [0.4, 0.5) is 0 Å². The second kappa shape index (κ2) is 9.10. The van der Waals surface area contributed by atoms with Gasteiger partial charge < -0.3 is 9.29 Å². The first-order valence-corrected chi connectivity index (χ1v) is 8.44. The molecule has 0 saturated heterocycles. The molecule has 0 fully saturated rings. The lowest BCUT2D eigenvalue weighted by Gasteiger charge is -2.37. The average molecular weight is 307 g/mol. The fourth-order valence-corrected chi connectivity index (χ4v) is 2.80. The topological polar surface area (TPSA) is 83.5 Å². The summed E-state index contributed by atoms with van der Waals surface area (Å²) in [4.78, 5) is 11.2. The van der Waals surface area contributed by atoms with E-state index in [1.54, 1.807) is 0 Å². The molecule has 0 atom stereocenters. The molecule has 0 unspecified atom stereocenters. The fraction of sp³-hybridized carbons (Fsp3) is 0.769. The maximum Gasteiger partial charge on any atom is 0.334 e. The van der Waals surface area contributed by atoms with E-state index in [1.807, 2.05) is 13.8 Å². The molecule has 0 heterocycles. The number of rotatable bonds is 11. The van der Waals surface area contributed by atoms with Gasteiger partial charge in [-0.25, -0.2) is 13.2 Å². The lowest BCUT2D eigenvalue weighted by atomic mass is 10.2. The molecule has 6 nitrogen and oxygen atoms in total. The molecular weight excluding hydrogens is 282 g/mol. The molecule has 0 aromatic rings. The van der Waals surface area contributed by atoms with E-state index in [0.29, 0.717) is 11.0 Å². The van der Waals surface area contributed by atoms with Crippen molar-refractivity contribution in [2.75, 3.05) is 32.1 Å². The Morgan fingerprint density at radius 1 is 1.25 bits per heavy atom. The van der Waals surface area contributed by atoms with Crippen molar-refractivity contribution in [1.29, 1.82) is 0 Å². The first-order chi connectivity index (χ1) is 9.28. The molecule has 0 spiro atoms. The quantitative estimate of drug-likeness (QED) is 0.188. The van der Waals surface area contributed by atoms with Gasteiger partial charge >= 0.3 is 5.97 Å². The van der Waals surface area contributed by atoms with Crippen molar-refractivity contribution in [2.24, 2.45) is 0 Å². The summed E-state index contributed by atoms with van der Waals surface area (Å²) in [5.41, 5.74) is 0. The molecule has 0 rings (SSSR count). The Morgan fingerprint density at radius 2 is 1.80 bits per heavy atom. The largest absolute Gasteiger partial charge is 0.748 e. The van der Waals surface area contributed by atoms with Gasteiger partial charge in [0.1, 0.15) is 0 Å². The minimum Gasteiger partial charge on any atom is -0.748 e. The summed E-state index contributed by atoms with van der Waals surface area (Å²) in [6.07, 6.45) is 3.15. The van der Waals surface area contributed by atoms with Gasteiger partial charge in [-0.05, 0) is 12.8 Å². The van der Waals surface area contributed by atoms with Crippen LogP contribution in [-0.4, -0.2) is 55.5 Å². The summed E-state index contributed by atoms with van der Waals surface area (Å²) in [6.45, 7) is 9.62. The third-order valence-corrected chi connectivity index (χ3v) is 3.86. The second-order valence-electron chi connectivity index (χ2n) is 4.92. The van der Waals surface area contributed by atoms with E-state index in [-0.39, 0.29) is 18.9 Å². The molecule has 0 aromatic carbocycles. The molecule has 7 heteroatoms. The smallest absolute Gasteiger partial charge is 0.334 e. The monoisotopic (exact) mass is 307 g/mol. The summed E-state index contributed by atoms with van der Waals surface area (Å²) in [6, 6.07) is 0. The Morgan fingerprint density at radius 3 is 2.20 bits per heavy atom.